The van der Waals surface area contributed by atoms with Crippen molar-refractivity contribution in [1.82, 2.24) is 10.3 Å². The minimum atomic E-state index is -0.127. The van der Waals surface area contributed by atoms with Crippen molar-refractivity contribution in [2.45, 2.75) is 37.8 Å². The van der Waals surface area contributed by atoms with Crippen molar-refractivity contribution in [3.8, 4) is 0 Å². The Kier molecular flexibility index (Phi) is 5.15. The number of fused-ring (bicyclic) bond motifs is 1. The molecule has 5 heteroatoms. The predicted octanol–water partition coefficient (Wildman–Crippen LogP) is 2.66. The quantitative estimate of drug-likeness (QED) is 0.896. The molecule has 3 N–H and O–H groups in total. The molecule has 112 valence electrons. The van der Waals surface area contributed by atoms with Crippen molar-refractivity contribution in [3.05, 3.63) is 42.1 Å². The van der Waals surface area contributed by atoms with Gasteiger partial charge in [0.1, 0.15) is 5.69 Å². The lowest BCUT2D eigenvalue weighted by molar-refractivity contribution is 0.0916. The van der Waals surface area contributed by atoms with Crippen molar-refractivity contribution in [2.75, 3.05) is 0 Å². The number of amides is 1. The first kappa shape index (κ1) is 15.7. The normalized spacial score (nSPS) is 21.6. The maximum atomic E-state index is 12.3. The Hall–Kier alpha value is -1.65. The summed E-state index contributed by atoms with van der Waals surface area (Å²) in [6.45, 7) is 0. The molecule has 1 fully saturated rings. The molecule has 1 amide bonds. The molecular formula is C16H20ClN3O. The number of nitrogens with two attached hydrogens (primary N) is 1. The Balaban J connectivity index is 0.00000161. The largest absolute Gasteiger partial charge is 0.346 e. The fourth-order valence-corrected chi connectivity index (χ4v) is 2.77. The van der Waals surface area contributed by atoms with Crippen LogP contribution in [0.4, 0.5) is 0 Å². The Morgan fingerprint density at radius 1 is 1.14 bits per heavy atom. The van der Waals surface area contributed by atoms with Gasteiger partial charge in [0.2, 0.25) is 0 Å². The highest BCUT2D eigenvalue weighted by atomic mass is 35.5. The van der Waals surface area contributed by atoms with Gasteiger partial charge in [0.25, 0.3) is 5.91 Å². The van der Waals surface area contributed by atoms with Crippen LogP contribution in [-0.4, -0.2) is 23.0 Å². The first-order valence-corrected chi connectivity index (χ1v) is 7.16. The summed E-state index contributed by atoms with van der Waals surface area (Å²) in [6, 6.07) is 11.6. The number of halogens is 1. The van der Waals surface area contributed by atoms with Gasteiger partial charge in [0, 0.05) is 17.5 Å². The van der Waals surface area contributed by atoms with E-state index in [0.717, 1.165) is 36.6 Å². The molecule has 3 rings (SSSR count). The molecule has 1 aliphatic rings. The van der Waals surface area contributed by atoms with Crippen LogP contribution in [0, 0.1) is 0 Å². The lowest BCUT2D eigenvalue weighted by Crippen LogP contribution is -2.49. The van der Waals surface area contributed by atoms with Gasteiger partial charge < -0.3 is 11.1 Å². The summed E-state index contributed by atoms with van der Waals surface area (Å²) in [5.41, 5.74) is 7.36. The molecule has 1 aromatic heterocycles. The number of carbonyl (C=O) groups excluding carboxylic acids is 1. The van der Waals surface area contributed by atoms with E-state index in [0.29, 0.717) is 5.69 Å². The number of carbonyl (C=O) groups is 1. The van der Waals surface area contributed by atoms with Gasteiger partial charge in [-0.25, -0.2) is 4.98 Å². The summed E-state index contributed by atoms with van der Waals surface area (Å²) in [5.74, 6) is -0.127. The van der Waals surface area contributed by atoms with Crippen molar-refractivity contribution < 1.29 is 4.79 Å². The molecule has 0 unspecified atom stereocenters. The number of nitrogens with one attached hydrogen (secondary N) is 1. The molecular weight excluding hydrogens is 286 g/mol. The summed E-state index contributed by atoms with van der Waals surface area (Å²) in [7, 11) is 0. The van der Waals surface area contributed by atoms with Crippen LogP contribution in [0.2, 0.25) is 0 Å². The maximum absolute atomic E-state index is 12.3. The van der Waals surface area contributed by atoms with Gasteiger partial charge in [-0.05, 0) is 25.0 Å². The van der Waals surface area contributed by atoms with Gasteiger partial charge in [-0.15, -0.1) is 12.4 Å². The summed E-state index contributed by atoms with van der Waals surface area (Å²) in [4.78, 5) is 16.7. The second-order valence-corrected chi connectivity index (χ2v) is 5.42. The van der Waals surface area contributed by atoms with E-state index in [1.807, 2.05) is 30.3 Å². The zero-order valence-electron chi connectivity index (χ0n) is 11.8. The monoisotopic (exact) mass is 305 g/mol. The number of aromatic nitrogens is 1. The van der Waals surface area contributed by atoms with E-state index in [-0.39, 0.29) is 30.4 Å². The van der Waals surface area contributed by atoms with Crippen molar-refractivity contribution >= 4 is 29.2 Å². The van der Waals surface area contributed by atoms with Crippen LogP contribution in [-0.2, 0) is 0 Å². The summed E-state index contributed by atoms with van der Waals surface area (Å²) in [6.07, 6.45) is 4.22. The fraction of sp³-hybridized carbons (Fsp3) is 0.375. The number of hydrogen-bond donors (Lipinski definition) is 2. The predicted molar refractivity (Wildman–Crippen MR) is 86.7 cm³/mol. The van der Waals surface area contributed by atoms with Crippen molar-refractivity contribution in [1.29, 1.82) is 0 Å². The fourth-order valence-electron chi connectivity index (χ4n) is 2.77. The zero-order valence-corrected chi connectivity index (χ0v) is 12.6. The van der Waals surface area contributed by atoms with Crippen LogP contribution in [0.15, 0.2) is 36.4 Å². The smallest absolute Gasteiger partial charge is 0.270 e. The van der Waals surface area contributed by atoms with Crippen LogP contribution >= 0.6 is 12.4 Å². The lowest BCUT2D eigenvalue weighted by atomic mass is 9.91. The lowest BCUT2D eigenvalue weighted by Gasteiger charge is -2.29. The third-order valence-corrected chi connectivity index (χ3v) is 3.97. The first-order valence-electron chi connectivity index (χ1n) is 7.16. The summed E-state index contributed by atoms with van der Waals surface area (Å²) in [5, 5.41) is 4.06. The SMILES string of the molecule is Cl.N[C@@H]1CCCC[C@H]1NC(=O)c1ccc2ccccc2n1. The highest BCUT2D eigenvalue weighted by molar-refractivity contribution is 5.95. The molecule has 0 spiro atoms. The number of rotatable bonds is 2. The zero-order chi connectivity index (χ0) is 13.9. The molecule has 2 aromatic rings. The highest BCUT2D eigenvalue weighted by Crippen LogP contribution is 2.17. The van der Waals surface area contributed by atoms with E-state index >= 15 is 0 Å². The van der Waals surface area contributed by atoms with Gasteiger partial charge >= 0.3 is 0 Å². The molecule has 1 heterocycles. The average molecular weight is 306 g/mol. The van der Waals surface area contributed by atoms with Crippen LogP contribution in [0.25, 0.3) is 10.9 Å². The topological polar surface area (TPSA) is 68.0 Å². The molecule has 0 saturated heterocycles. The van der Waals surface area contributed by atoms with E-state index < -0.39 is 0 Å². The molecule has 2 atom stereocenters. The van der Waals surface area contributed by atoms with E-state index in [4.69, 9.17) is 5.73 Å². The van der Waals surface area contributed by atoms with Crippen LogP contribution in [0.3, 0.4) is 0 Å². The van der Waals surface area contributed by atoms with E-state index in [1.54, 1.807) is 6.07 Å². The molecule has 4 nitrogen and oxygen atoms in total. The third-order valence-electron chi connectivity index (χ3n) is 3.97. The van der Waals surface area contributed by atoms with Gasteiger partial charge in [0.05, 0.1) is 5.52 Å². The van der Waals surface area contributed by atoms with Gasteiger partial charge in [-0.3, -0.25) is 4.79 Å². The molecule has 1 aliphatic carbocycles. The number of para-hydroxylation sites is 1. The molecule has 1 aromatic carbocycles. The molecule has 21 heavy (non-hydrogen) atoms. The van der Waals surface area contributed by atoms with E-state index in [9.17, 15) is 4.79 Å². The number of nitrogens with zero attached hydrogens (tertiary/aromatic N) is 1. The minimum absolute atomic E-state index is 0. The van der Waals surface area contributed by atoms with Crippen molar-refractivity contribution in [3.63, 3.8) is 0 Å². The van der Waals surface area contributed by atoms with Gasteiger partial charge in [0.15, 0.2) is 0 Å². The Labute approximate surface area is 130 Å². The van der Waals surface area contributed by atoms with Crippen LogP contribution in [0.5, 0.6) is 0 Å². The van der Waals surface area contributed by atoms with Crippen LogP contribution < -0.4 is 11.1 Å². The molecule has 1 saturated carbocycles. The van der Waals surface area contributed by atoms with Gasteiger partial charge in [-0.2, -0.15) is 0 Å². The molecule has 0 radical (unpaired) electrons. The highest BCUT2D eigenvalue weighted by Gasteiger charge is 2.24. The standard InChI is InChI=1S/C16H19N3O.ClH/c17-12-6-2-4-8-14(12)19-16(20)15-10-9-11-5-1-3-7-13(11)18-15;/h1,3,5,7,9-10,12,14H,2,4,6,8,17H2,(H,19,20);1H/t12-,14-;/m1./s1. The maximum Gasteiger partial charge on any atom is 0.270 e. The third kappa shape index (κ3) is 3.52. The minimum Gasteiger partial charge on any atom is -0.346 e. The van der Waals surface area contributed by atoms with Crippen molar-refractivity contribution in [2.24, 2.45) is 5.73 Å². The van der Waals surface area contributed by atoms with E-state index in [1.165, 1.54) is 0 Å². The molecule has 0 bridgehead atoms. The average Bonchev–Trinajstić information content (AvgIpc) is 2.49. The van der Waals surface area contributed by atoms with Crippen LogP contribution in [0.1, 0.15) is 36.2 Å². The Morgan fingerprint density at radius 3 is 2.71 bits per heavy atom. The Bertz CT molecular complexity index is 632. The molecule has 0 aliphatic heterocycles. The Morgan fingerprint density at radius 2 is 1.90 bits per heavy atom. The first-order chi connectivity index (χ1) is 9.74. The van der Waals surface area contributed by atoms with E-state index in [2.05, 4.69) is 10.3 Å². The van der Waals surface area contributed by atoms with Gasteiger partial charge in [-0.1, -0.05) is 37.1 Å². The summed E-state index contributed by atoms with van der Waals surface area (Å²) < 4.78 is 0. The number of benzene rings is 1. The second-order valence-electron chi connectivity index (χ2n) is 5.42. The second kappa shape index (κ2) is 6.87. The number of pyridine rings is 1. The number of hydrogen-bond acceptors (Lipinski definition) is 3. The summed E-state index contributed by atoms with van der Waals surface area (Å²) >= 11 is 0.